The van der Waals surface area contributed by atoms with Gasteiger partial charge in [-0.05, 0) is 79.0 Å². The van der Waals surface area contributed by atoms with Crippen molar-refractivity contribution in [1.82, 2.24) is 4.57 Å². The molecular weight excluding hydrogens is 390 g/mol. The third-order valence-electron chi connectivity index (χ3n) is 8.37. The van der Waals surface area contributed by atoms with Gasteiger partial charge in [0.05, 0.1) is 5.52 Å². The molecule has 2 aromatic carbocycles. The zero-order valence-corrected chi connectivity index (χ0v) is 18.6. The molecule has 4 fully saturated rings. The molecule has 0 saturated heterocycles. The number of carbonyl (C=O) groups excluding carboxylic acids is 1. The SMILES string of the molecule is Cc1ccc(Cn2ccc3cc(Cl)cc(C(=O)CC4(C56CC(C)(C5)C6)CC4)c32)cc1. The molecule has 0 unspecified atom stereocenters. The van der Waals surface area contributed by atoms with Gasteiger partial charge in [0.15, 0.2) is 5.78 Å². The van der Waals surface area contributed by atoms with Gasteiger partial charge in [-0.3, -0.25) is 4.79 Å². The van der Waals surface area contributed by atoms with Gasteiger partial charge in [0.1, 0.15) is 0 Å². The van der Waals surface area contributed by atoms with Crippen LogP contribution >= 0.6 is 11.6 Å². The van der Waals surface area contributed by atoms with Crippen LogP contribution in [0.15, 0.2) is 48.7 Å². The zero-order chi connectivity index (χ0) is 20.7. The zero-order valence-electron chi connectivity index (χ0n) is 17.8. The Morgan fingerprint density at radius 2 is 1.77 bits per heavy atom. The molecule has 2 nitrogen and oxygen atoms in total. The largest absolute Gasteiger partial charge is 0.342 e. The lowest BCUT2D eigenvalue weighted by molar-refractivity contribution is -0.233. The number of rotatable bonds is 6. The van der Waals surface area contributed by atoms with Crippen LogP contribution in [0.3, 0.4) is 0 Å². The normalized spacial score (nSPS) is 28.1. The van der Waals surface area contributed by atoms with Crippen LogP contribution < -0.4 is 0 Å². The predicted octanol–water partition coefficient (Wildman–Crippen LogP) is 7.19. The number of hydrogen-bond acceptors (Lipinski definition) is 1. The Morgan fingerprint density at radius 1 is 1.07 bits per heavy atom. The van der Waals surface area contributed by atoms with E-state index in [4.69, 9.17) is 11.6 Å². The summed E-state index contributed by atoms with van der Waals surface area (Å²) < 4.78 is 2.21. The summed E-state index contributed by atoms with van der Waals surface area (Å²) in [6.45, 7) is 5.28. The summed E-state index contributed by atoms with van der Waals surface area (Å²) in [5.41, 5.74) is 5.67. The molecule has 1 heterocycles. The second kappa shape index (κ2) is 6.01. The summed E-state index contributed by atoms with van der Waals surface area (Å²) in [6.07, 6.45) is 9.23. The molecule has 3 aromatic rings. The van der Waals surface area contributed by atoms with E-state index in [0.29, 0.717) is 22.3 Å². The van der Waals surface area contributed by atoms with Crippen LogP contribution in [0.5, 0.6) is 0 Å². The van der Waals surface area contributed by atoms with Gasteiger partial charge >= 0.3 is 0 Å². The van der Waals surface area contributed by atoms with Crippen molar-refractivity contribution in [3.8, 4) is 0 Å². The highest BCUT2D eigenvalue weighted by atomic mass is 35.5. The topological polar surface area (TPSA) is 22.0 Å². The summed E-state index contributed by atoms with van der Waals surface area (Å²) in [6, 6.07) is 14.6. The van der Waals surface area contributed by atoms with E-state index in [1.165, 1.54) is 43.2 Å². The van der Waals surface area contributed by atoms with Gasteiger partial charge < -0.3 is 4.57 Å². The average Bonchev–Trinajstić information content (AvgIpc) is 3.33. The lowest BCUT2D eigenvalue weighted by Crippen LogP contribution is -2.64. The number of nitrogens with zero attached hydrogens (tertiary/aromatic N) is 1. The molecule has 4 aliphatic carbocycles. The number of Topliss-reactive ketones (excluding diaryl/α,β-unsaturated/α-hetero) is 1. The summed E-state index contributed by atoms with van der Waals surface area (Å²) >= 11 is 6.43. The van der Waals surface area contributed by atoms with E-state index in [1.807, 2.05) is 12.1 Å². The van der Waals surface area contributed by atoms with E-state index < -0.39 is 0 Å². The summed E-state index contributed by atoms with van der Waals surface area (Å²) in [5.74, 6) is 0.277. The maximum Gasteiger partial charge on any atom is 0.165 e. The monoisotopic (exact) mass is 417 g/mol. The minimum Gasteiger partial charge on any atom is -0.342 e. The molecule has 7 rings (SSSR count). The Hall–Kier alpha value is -2.06. The Kier molecular flexibility index (Phi) is 3.74. The van der Waals surface area contributed by atoms with Crippen LogP contribution in [-0.4, -0.2) is 10.4 Å². The number of fused-ring (bicyclic) bond motifs is 1. The fourth-order valence-electron chi connectivity index (χ4n) is 6.85. The van der Waals surface area contributed by atoms with E-state index in [9.17, 15) is 4.79 Å². The van der Waals surface area contributed by atoms with Crippen molar-refractivity contribution in [1.29, 1.82) is 0 Å². The first-order valence-electron chi connectivity index (χ1n) is 11.2. The molecule has 4 aliphatic rings. The maximum absolute atomic E-state index is 13.6. The van der Waals surface area contributed by atoms with Crippen molar-refractivity contribution < 1.29 is 4.79 Å². The molecule has 3 heteroatoms. The van der Waals surface area contributed by atoms with Crippen LogP contribution in [0.2, 0.25) is 5.02 Å². The lowest BCUT2D eigenvalue weighted by Gasteiger charge is -2.73. The smallest absolute Gasteiger partial charge is 0.165 e. The Balaban J connectivity index is 1.34. The highest BCUT2D eigenvalue weighted by Gasteiger charge is 2.75. The minimum absolute atomic E-state index is 0.269. The number of benzene rings is 2. The van der Waals surface area contributed by atoms with Gasteiger partial charge in [0.25, 0.3) is 0 Å². The summed E-state index contributed by atoms with van der Waals surface area (Å²) in [5, 5.41) is 1.71. The van der Waals surface area contributed by atoms with Gasteiger partial charge in [-0.1, -0.05) is 48.4 Å². The van der Waals surface area contributed by atoms with E-state index in [-0.39, 0.29) is 11.2 Å². The molecule has 2 bridgehead atoms. The molecule has 30 heavy (non-hydrogen) atoms. The van der Waals surface area contributed by atoms with E-state index in [2.05, 4.69) is 54.9 Å². The number of aryl methyl sites for hydroxylation is 1. The standard InChI is InChI=1S/C27H28ClNO/c1-18-3-5-19(6-4-18)14-29-10-7-20-11-21(28)12-22(24(20)29)23(30)13-26(8-9-26)27-15-25(2,16-27)17-27/h3-7,10-12H,8-9,13-17H2,1-2H3. The van der Waals surface area contributed by atoms with Crippen molar-refractivity contribution in [2.45, 2.75) is 58.9 Å². The number of hydrogen-bond donors (Lipinski definition) is 0. The number of aromatic nitrogens is 1. The van der Waals surface area contributed by atoms with Gasteiger partial charge in [0, 0.05) is 35.1 Å². The molecule has 0 amide bonds. The fourth-order valence-corrected chi connectivity index (χ4v) is 7.08. The minimum atomic E-state index is 0.269. The third kappa shape index (κ3) is 2.66. The van der Waals surface area contributed by atoms with Crippen LogP contribution in [0.1, 0.15) is 66.9 Å². The second-order valence-electron chi connectivity index (χ2n) is 10.8. The summed E-state index contributed by atoms with van der Waals surface area (Å²) in [4.78, 5) is 13.6. The van der Waals surface area contributed by atoms with Crippen LogP contribution in [0.25, 0.3) is 10.9 Å². The van der Waals surface area contributed by atoms with E-state index in [1.54, 1.807) is 0 Å². The van der Waals surface area contributed by atoms with Crippen molar-refractivity contribution in [3.63, 3.8) is 0 Å². The maximum atomic E-state index is 13.6. The predicted molar refractivity (Wildman–Crippen MR) is 122 cm³/mol. The molecule has 1 aromatic heterocycles. The molecule has 0 spiro atoms. The van der Waals surface area contributed by atoms with Gasteiger partial charge in [-0.25, -0.2) is 0 Å². The highest BCUT2D eigenvalue weighted by molar-refractivity contribution is 6.32. The summed E-state index contributed by atoms with van der Waals surface area (Å²) in [7, 11) is 0. The fraction of sp³-hybridized carbons (Fsp3) is 0.444. The van der Waals surface area contributed by atoms with E-state index in [0.717, 1.165) is 23.0 Å². The molecule has 4 saturated carbocycles. The number of carbonyl (C=O) groups is 1. The van der Waals surface area contributed by atoms with Crippen LogP contribution in [-0.2, 0) is 6.54 Å². The second-order valence-corrected chi connectivity index (χ2v) is 11.3. The van der Waals surface area contributed by atoms with Gasteiger partial charge in [-0.2, -0.15) is 0 Å². The first-order valence-corrected chi connectivity index (χ1v) is 11.6. The van der Waals surface area contributed by atoms with Crippen molar-refractivity contribution in [3.05, 3.63) is 70.4 Å². The molecule has 0 atom stereocenters. The Labute approximate surface area is 183 Å². The average molecular weight is 418 g/mol. The van der Waals surface area contributed by atoms with Gasteiger partial charge in [-0.15, -0.1) is 0 Å². The lowest BCUT2D eigenvalue weighted by atomic mass is 9.31. The number of halogens is 1. The highest BCUT2D eigenvalue weighted by Crippen LogP contribution is 2.85. The molecule has 0 N–H and O–H groups in total. The first kappa shape index (κ1) is 18.7. The molecule has 154 valence electrons. The Morgan fingerprint density at radius 3 is 2.40 bits per heavy atom. The van der Waals surface area contributed by atoms with Crippen molar-refractivity contribution >= 4 is 28.3 Å². The van der Waals surface area contributed by atoms with E-state index >= 15 is 0 Å². The first-order chi connectivity index (χ1) is 14.3. The molecule has 0 radical (unpaired) electrons. The van der Waals surface area contributed by atoms with Crippen LogP contribution in [0.4, 0.5) is 0 Å². The number of ketones is 1. The molecular formula is C27H28ClNO. The van der Waals surface area contributed by atoms with Crippen molar-refractivity contribution in [2.24, 2.45) is 16.2 Å². The van der Waals surface area contributed by atoms with Gasteiger partial charge in [0.2, 0.25) is 0 Å². The quantitative estimate of drug-likeness (QED) is 0.389. The van der Waals surface area contributed by atoms with Crippen molar-refractivity contribution in [2.75, 3.05) is 0 Å². The third-order valence-corrected chi connectivity index (χ3v) is 8.59. The Bertz CT molecular complexity index is 1160. The van der Waals surface area contributed by atoms with Crippen LogP contribution in [0, 0.1) is 23.2 Å². The molecule has 0 aliphatic heterocycles.